The summed E-state index contributed by atoms with van der Waals surface area (Å²) in [7, 11) is 0. The molecule has 0 amide bonds. The monoisotopic (exact) mass is 224 g/mol. The van der Waals surface area contributed by atoms with Gasteiger partial charge in [0.05, 0.1) is 11.4 Å². The Balaban J connectivity index is 2.44. The van der Waals surface area contributed by atoms with Crippen LogP contribution in [0.25, 0.3) is 11.6 Å². The highest BCUT2D eigenvalue weighted by atomic mass is 16.1. The number of carbonyl (C=O) groups excluding carboxylic acids is 1. The summed E-state index contributed by atoms with van der Waals surface area (Å²) in [5, 5.41) is 0. The molecule has 0 aliphatic rings. The predicted octanol–water partition coefficient (Wildman–Crippen LogP) is 2.61. The van der Waals surface area contributed by atoms with E-state index in [1.807, 2.05) is 36.4 Å². The van der Waals surface area contributed by atoms with Crippen LogP contribution in [0.3, 0.4) is 0 Å². The number of allylic oxidation sites excluding steroid dienone is 1. The maximum Gasteiger partial charge on any atom is 0.162 e. The van der Waals surface area contributed by atoms with E-state index >= 15 is 0 Å². The lowest BCUT2D eigenvalue weighted by molar-refractivity contribution is -0.111. The molecule has 0 aliphatic carbocycles. The van der Waals surface area contributed by atoms with Crippen LogP contribution in [0.2, 0.25) is 0 Å². The Morgan fingerprint density at radius 3 is 2.29 bits per heavy atom. The number of hydrogen-bond acceptors (Lipinski definition) is 3. The summed E-state index contributed by atoms with van der Waals surface area (Å²) in [5.74, 6) is -0.0191. The molecule has 2 aromatic rings. The molecule has 0 saturated carbocycles. The van der Waals surface area contributed by atoms with Crippen LogP contribution >= 0.6 is 0 Å². The first kappa shape index (κ1) is 11.2. The van der Waals surface area contributed by atoms with E-state index in [4.69, 9.17) is 0 Å². The molecule has 0 fully saturated rings. The van der Waals surface area contributed by atoms with E-state index < -0.39 is 0 Å². The van der Waals surface area contributed by atoms with Crippen molar-refractivity contribution in [3.63, 3.8) is 0 Å². The van der Waals surface area contributed by atoms with Gasteiger partial charge in [-0.3, -0.25) is 14.8 Å². The summed E-state index contributed by atoms with van der Waals surface area (Å²) in [6, 6.07) is 11.1. The molecule has 0 saturated heterocycles. The molecule has 0 spiro atoms. The SMILES string of the molecule is CC(=O)/C(=C\c1ccccn1)c1ccccn1. The van der Waals surface area contributed by atoms with Gasteiger partial charge in [0.1, 0.15) is 0 Å². The van der Waals surface area contributed by atoms with Gasteiger partial charge in [0, 0.05) is 18.0 Å². The molecule has 0 atom stereocenters. The lowest BCUT2D eigenvalue weighted by Gasteiger charge is -2.02. The fraction of sp³-hybridized carbons (Fsp3) is 0.0714. The Morgan fingerprint density at radius 1 is 1.06 bits per heavy atom. The van der Waals surface area contributed by atoms with Gasteiger partial charge in [-0.25, -0.2) is 0 Å². The standard InChI is InChI=1S/C14H12N2O/c1-11(17)13(14-7-3-5-9-16-14)10-12-6-2-4-8-15-12/h2-10H,1H3/b13-10+. The number of hydrogen-bond donors (Lipinski definition) is 0. The Labute approximate surface area is 99.9 Å². The quantitative estimate of drug-likeness (QED) is 0.752. The Kier molecular flexibility index (Phi) is 3.40. The van der Waals surface area contributed by atoms with Crippen molar-refractivity contribution in [2.24, 2.45) is 0 Å². The number of Topliss-reactive ketones (excluding diaryl/α,β-unsaturated/α-hetero) is 1. The highest BCUT2D eigenvalue weighted by Gasteiger charge is 2.08. The van der Waals surface area contributed by atoms with Gasteiger partial charge in [-0.05, 0) is 37.3 Å². The summed E-state index contributed by atoms with van der Waals surface area (Å²) in [5.41, 5.74) is 2.00. The van der Waals surface area contributed by atoms with Crippen LogP contribution in [0.5, 0.6) is 0 Å². The molecular weight excluding hydrogens is 212 g/mol. The van der Waals surface area contributed by atoms with Gasteiger partial charge in [0.2, 0.25) is 0 Å². The zero-order valence-corrected chi connectivity index (χ0v) is 9.50. The molecular formula is C14H12N2O. The number of rotatable bonds is 3. The number of pyridine rings is 2. The van der Waals surface area contributed by atoms with Crippen molar-refractivity contribution < 1.29 is 4.79 Å². The van der Waals surface area contributed by atoms with Crippen LogP contribution < -0.4 is 0 Å². The minimum Gasteiger partial charge on any atom is -0.294 e. The number of carbonyl (C=O) groups is 1. The van der Waals surface area contributed by atoms with E-state index in [1.54, 1.807) is 18.5 Å². The summed E-state index contributed by atoms with van der Waals surface area (Å²) in [4.78, 5) is 20.0. The van der Waals surface area contributed by atoms with E-state index in [0.717, 1.165) is 5.69 Å². The van der Waals surface area contributed by atoms with Crippen LogP contribution in [-0.2, 0) is 4.79 Å². The largest absolute Gasteiger partial charge is 0.294 e. The van der Waals surface area contributed by atoms with Crippen LogP contribution in [0.1, 0.15) is 18.3 Å². The molecule has 84 valence electrons. The van der Waals surface area contributed by atoms with E-state index in [9.17, 15) is 4.79 Å². The zero-order chi connectivity index (χ0) is 12.1. The first-order valence-corrected chi connectivity index (χ1v) is 5.32. The van der Waals surface area contributed by atoms with Gasteiger partial charge in [0.15, 0.2) is 5.78 Å². The number of aromatic nitrogens is 2. The molecule has 2 heterocycles. The van der Waals surface area contributed by atoms with E-state index in [-0.39, 0.29) is 5.78 Å². The van der Waals surface area contributed by atoms with E-state index in [1.165, 1.54) is 6.92 Å². The minimum absolute atomic E-state index is 0.0191. The molecule has 3 heteroatoms. The summed E-state index contributed by atoms with van der Waals surface area (Å²) in [6.45, 7) is 1.53. The van der Waals surface area contributed by atoms with Crippen molar-refractivity contribution in [1.29, 1.82) is 0 Å². The van der Waals surface area contributed by atoms with Crippen LogP contribution in [0.4, 0.5) is 0 Å². The normalized spacial score (nSPS) is 11.2. The van der Waals surface area contributed by atoms with Crippen LogP contribution in [0, 0.1) is 0 Å². The van der Waals surface area contributed by atoms with Crippen LogP contribution in [0.15, 0.2) is 48.8 Å². The molecule has 0 N–H and O–H groups in total. The van der Waals surface area contributed by atoms with E-state index in [0.29, 0.717) is 11.3 Å². The Morgan fingerprint density at radius 2 is 1.76 bits per heavy atom. The maximum atomic E-state index is 11.6. The van der Waals surface area contributed by atoms with Crippen molar-refractivity contribution in [3.05, 3.63) is 60.2 Å². The van der Waals surface area contributed by atoms with E-state index in [2.05, 4.69) is 9.97 Å². The van der Waals surface area contributed by atoms with Gasteiger partial charge in [0.25, 0.3) is 0 Å². The molecule has 0 aromatic carbocycles. The third-order valence-corrected chi connectivity index (χ3v) is 2.30. The fourth-order valence-corrected chi connectivity index (χ4v) is 1.49. The van der Waals surface area contributed by atoms with Crippen molar-refractivity contribution in [2.45, 2.75) is 6.92 Å². The molecule has 0 unspecified atom stereocenters. The molecule has 0 radical (unpaired) electrons. The van der Waals surface area contributed by atoms with Gasteiger partial charge in [-0.1, -0.05) is 12.1 Å². The second-order valence-electron chi connectivity index (χ2n) is 3.58. The van der Waals surface area contributed by atoms with Crippen molar-refractivity contribution >= 4 is 17.4 Å². The van der Waals surface area contributed by atoms with Gasteiger partial charge in [-0.15, -0.1) is 0 Å². The fourth-order valence-electron chi connectivity index (χ4n) is 1.49. The van der Waals surface area contributed by atoms with Gasteiger partial charge < -0.3 is 0 Å². The van der Waals surface area contributed by atoms with Gasteiger partial charge in [-0.2, -0.15) is 0 Å². The summed E-state index contributed by atoms with van der Waals surface area (Å²) >= 11 is 0. The minimum atomic E-state index is -0.0191. The smallest absolute Gasteiger partial charge is 0.162 e. The summed E-state index contributed by atoms with van der Waals surface area (Å²) in [6.07, 6.45) is 5.12. The second kappa shape index (κ2) is 5.16. The molecule has 3 nitrogen and oxygen atoms in total. The average Bonchev–Trinajstić information content (AvgIpc) is 2.38. The molecule has 2 rings (SSSR count). The van der Waals surface area contributed by atoms with Gasteiger partial charge >= 0.3 is 0 Å². The molecule has 0 aliphatic heterocycles. The van der Waals surface area contributed by atoms with Crippen LogP contribution in [-0.4, -0.2) is 15.8 Å². The topological polar surface area (TPSA) is 42.9 Å². The molecule has 0 bridgehead atoms. The first-order chi connectivity index (χ1) is 8.27. The molecule has 2 aromatic heterocycles. The highest BCUT2D eigenvalue weighted by molar-refractivity contribution is 6.23. The third kappa shape index (κ3) is 2.84. The lowest BCUT2D eigenvalue weighted by atomic mass is 10.1. The number of ketones is 1. The third-order valence-electron chi connectivity index (χ3n) is 2.30. The number of nitrogens with zero attached hydrogens (tertiary/aromatic N) is 2. The first-order valence-electron chi connectivity index (χ1n) is 5.32. The highest BCUT2D eigenvalue weighted by Crippen LogP contribution is 2.15. The average molecular weight is 224 g/mol. The molecule has 17 heavy (non-hydrogen) atoms. The predicted molar refractivity (Wildman–Crippen MR) is 67.0 cm³/mol. The maximum absolute atomic E-state index is 11.6. The van der Waals surface area contributed by atoms with Crippen molar-refractivity contribution in [1.82, 2.24) is 9.97 Å². The Hall–Kier alpha value is -2.29. The van der Waals surface area contributed by atoms with Crippen molar-refractivity contribution in [2.75, 3.05) is 0 Å². The van der Waals surface area contributed by atoms with Crippen molar-refractivity contribution in [3.8, 4) is 0 Å². The second-order valence-corrected chi connectivity index (χ2v) is 3.58. The Bertz CT molecular complexity index is 533. The summed E-state index contributed by atoms with van der Waals surface area (Å²) < 4.78 is 0. The lowest BCUT2D eigenvalue weighted by Crippen LogP contribution is -1.98. The zero-order valence-electron chi connectivity index (χ0n) is 9.50.